The summed E-state index contributed by atoms with van der Waals surface area (Å²) in [5, 5.41) is 0. The van der Waals surface area contributed by atoms with E-state index in [0.717, 1.165) is 32.0 Å². The van der Waals surface area contributed by atoms with Gasteiger partial charge in [0, 0.05) is 23.2 Å². The zero-order chi connectivity index (χ0) is 19.9. The number of halogens is 1. The summed E-state index contributed by atoms with van der Waals surface area (Å²) >= 11 is 3.46. The molecule has 0 aliphatic carbocycles. The van der Waals surface area contributed by atoms with E-state index < -0.39 is 10.0 Å². The molecular weight excluding hydrogens is 428 g/mol. The summed E-state index contributed by atoms with van der Waals surface area (Å²) in [6.45, 7) is 5.39. The number of carbonyl (C=O) groups is 1. The van der Waals surface area contributed by atoms with Crippen molar-refractivity contribution in [1.82, 2.24) is 4.31 Å². The van der Waals surface area contributed by atoms with Crippen molar-refractivity contribution in [3.8, 4) is 0 Å². The Morgan fingerprint density at radius 2 is 1.93 bits per heavy atom. The first-order valence-corrected chi connectivity index (χ1v) is 11.0. The summed E-state index contributed by atoms with van der Waals surface area (Å²) < 4.78 is 28.1. The molecule has 144 valence electrons. The number of sulfonamides is 1. The number of amides is 1. The van der Waals surface area contributed by atoms with Gasteiger partial charge in [-0.25, -0.2) is 8.42 Å². The minimum absolute atomic E-state index is 0.00129. The Hall–Kier alpha value is -1.70. The van der Waals surface area contributed by atoms with Crippen LogP contribution < -0.4 is 4.90 Å². The highest BCUT2D eigenvalue weighted by atomic mass is 79.9. The Morgan fingerprint density at radius 3 is 2.63 bits per heavy atom. The van der Waals surface area contributed by atoms with Crippen LogP contribution in [0.3, 0.4) is 0 Å². The van der Waals surface area contributed by atoms with Gasteiger partial charge in [-0.1, -0.05) is 28.1 Å². The standard InChI is InChI=1S/C20H23BrN2O3S/c1-13-5-6-14(2)19(9-13)27(25,26)22(4)12-20(24)23-15(3)10-16-11-17(21)7-8-18(16)23/h5-9,11,15H,10,12H2,1-4H3. The number of likely N-dealkylation sites (N-methyl/N-ethyl adjacent to an activating group) is 1. The first-order valence-electron chi connectivity index (χ1n) is 8.75. The van der Waals surface area contributed by atoms with E-state index in [-0.39, 0.29) is 23.4 Å². The molecule has 2 aromatic rings. The van der Waals surface area contributed by atoms with Crippen LogP contribution in [-0.4, -0.2) is 38.3 Å². The van der Waals surface area contributed by atoms with Crippen LogP contribution in [0.5, 0.6) is 0 Å². The van der Waals surface area contributed by atoms with Crippen molar-refractivity contribution in [1.29, 1.82) is 0 Å². The third kappa shape index (κ3) is 3.81. The molecule has 1 atom stereocenters. The van der Waals surface area contributed by atoms with Gasteiger partial charge in [-0.2, -0.15) is 4.31 Å². The van der Waals surface area contributed by atoms with E-state index in [1.807, 2.05) is 38.1 Å². The molecule has 0 aromatic heterocycles. The Morgan fingerprint density at radius 1 is 1.22 bits per heavy atom. The Bertz CT molecular complexity index is 1000. The largest absolute Gasteiger partial charge is 0.308 e. The van der Waals surface area contributed by atoms with Gasteiger partial charge < -0.3 is 4.90 Å². The summed E-state index contributed by atoms with van der Waals surface area (Å²) in [7, 11) is -2.28. The zero-order valence-corrected chi connectivity index (χ0v) is 18.3. The predicted molar refractivity (Wildman–Crippen MR) is 111 cm³/mol. The van der Waals surface area contributed by atoms with E-state index in [0.29, 0.717) is 5.56 Å². The molecule has 1 aliphatic rings. The van der Waals surface area contributed by atoms with Crippen LogP contribution in [-0.2, 0) is 21.2 Å². The second-order valence-electron chi connectivity index (χ2n) is 7.12. The van der Waals surface area contributed by atoms with Crippen molar-refractivity contribution in [3.63, 3.8) is 0 Å². The van der Waals surface area contributed by atoms with E-state index >= 15 is 0 Å². The molecule has 7 heteroatoms. The van der Waals surface area contributed by atoms with E-state index in [9.17, 15) is 13.2 Å². The summed E-state index contributed by atoms with van der Waals surface area (Å²) in [6, 6.07) is 11.1. The molecule has 2 aromatic carbocycles. The number of benzene rings is 2. The number of aryl methyl sites for hydroxylation is 2. The second kappa shape index (κ2) is 7.37. The lowest BCUT2D eigenvalue weighted by Gasteiger charge is -2.26. The summed E-state index contributed by atoms with van der Waals surface area (Å²) in [6.07, 6.45) is 0.758. The molecule has 0 saturated heterocycles. The first-order chi connectivity index (χ1) is 12.6. The lowest BCUT2D eigenvalue weighted by molar-refractivity contribution is -0.118. The molecule has 27 heavy (non-hydrogen) atoms. The molecule has 1 aliphatic heterocycles. The molecule has 1 unspecified atom stereocenters. The molecule has 3 rings (SSSR count). The van der Waals surface area contributed by atoms with Crippen molar-refractivity contribution >= 4 is 37.5 Å². The van der Waals surface area contributed by atoms with Crippen LogP contribution in [0.4, 0.5) is 5.69 Å². The molecule has 0 bridgehead atoms. The van der Waals surface area contributed by atoms with Crippen LogP contribution in [0, 0.1) is 13.8 Å². The van der Waals surface area contributed by atoms with Crippen LogP contribution in [0.15, 0.2) is 45.8 Å². The normalized spacial score (nSPS) is 16.7. The lowest BCUT2D eigenvalue weighted by atomic mass is 10.1. The fraction of sp³-hybridized carbons (Fsp3) is 0.350. The minimum atomic E-state index is -3.74. The molecule has 0 radical (unpaired) electrons. The van der Waals surface area contributed by atoms with Gasteiger partial charge in [0.1, 0.15) is 0 Å². The van der Waals surface area contributed by atoms with Crippen molar-refractivity contribution in [2.45, 2.75) is 38.1 Å². The van der Waals surface area contributed by atoms with Gasteiger partial charge in [0.15, 0.2) is 0 Å². The third-order valence-corrected chi connectivity index (χ3v) is 7.35. The van der Waals surface area contributed by atoms with E-state index in [2.05, 4.69) is 15.9 Å². The maximum atomic E-state index is 13.0. The quantitative estimate of drug-likeness (QED) is 0.713. The number of nitrogens with zero attached hydrogens (tertiary/aromatic N) is 2. The fourth-order valence-corrected chi connectivity index (χ4v) is 5.32. The number of carbonyl (C=O) groups excluding carboxylic acids is 1. The monoisotopic (exact) mass is 450 g/mol. The van der Waals surface area contributed by atoms with Crippen LogP contribution in [0.25, 0.3) is 0 Å². The molecular formula is C20H23BrN2O3S. The number of hydrogen-bond donors (Lipinski definition) is 0. The topological polar surface area (TPSA) is 57.7 Å². The average Bonchev–Trinajstić information content (AvgIpc) is 2.91. The Labute approximate surface area is 169 Å². The number of fused-ring (bicyclic) bond motifs is 1. The Kier molecular flexibility index (Phi) is 5.47. The average molecular weight is 451 g/mol. The minimum Gasteiger partial charge on any atom is -0.308 e. The lowest BCUT2D eigenvalue weighted by Crippen LogP contribution is -2.43. The molecule has 0 fully saturated rings. The van der Waals surface area contributed by atoms with Crippen molar-refractivity contribution < 1.29 is 13.2 Å². The molecule has 1 amide bonds. The van der Waals surface area contributed by atoms with Crippen LogP contribution in [0.1, 0.15) is 23.6 Å². The van der Waals surface area contributed by atoms with E-state index in [1.54, 1.807) is 24.0 Å². The fourth-order valence-electron chi connectivity index (χ4n) is 3.48. The summed E-state index contributed by atoms with van der Waals surface area (Å²) in [4.78, 5) is 14.9. The zero-order valence-electron chi connectivity index (χ0n) is 15.9. The summed E-state index contributed by atoms with van der Waals surface area (Å²) in [5.41, 5.74) is 3.48. The predicted octanol–water partition coefficient (Wildman–Crippen LogP) is 3.66. The van der Waals surface area contributed by atoms with Gasteiger partial charge in [0.05, 0.1) is 11.4 Å². The maximum absolute atomic E-state index is 13.0. The van der Waals surface area contributed by atoms with Gasteiger partial charge >= 0.3 is 0 Å². The molecule has 5 nitrogen and oxygen atoms in total. The number of anilines is 1. The third-order valence-electron chi connectivity index (χ3n) is 4.92. The van der Waals surface area contributed by atoms with Crippen molar-refractivity contribution in [2.24, 2.45) is 0 Å². The van der Waals surface area contributed by atoms with Crippen molar-refractivity contribution in [3.05, 3.63) is 57.6 Å². The first kappa shape index (κ1) is 20.0. The van der Waals surface area contributed by atoms with E-state index in [1.165, 1.54) is 7.05 Å². The molecule has 0 saturated carbocycles. The van der Waals surface area contributed by atoms with Crippen LogP contribution >= 0.6 is 15.9 Å². The summed E-state index contributed by atoms with van der Waals surface area (Å²) in [5.74, 6) is -0.222. The van der Waals surface area contributed by atoms with Crippen molar-refractivity contribution in [2.75, 3.05) is 18.5 Å². The number of hydrogen-bond acceptors (Lipinski definition) is 3. The SMILES string of the molecule is Cc1ccc(C)c(S(=O)(=O)N(C)CC(=O)N2c3ccc(Br)cc3CC2C)c1. The highest BCUT2D eigenvalue weighted by molar-refractivity contribution is 9.10. The van der Waals surface area contributed by atoms with Gasteiger partial charge in [-0.15, -0.1) is 0 Å². The van der Waals surface area contributed by atoms with Gasteiger partial charge in [-0.05, 0) is 68.1 Å². The molecule has 1 heterocycles. The highest BCUT2D eigenvalue weighted by Crippen LogP contribution is 2.34. The van der Waals surface area contributed by atoms with Gasteiger partial charge in [0.25, 0.3) is 0 Å². The van der Waals surface area contributed by atoms with Crippen LogP contribution in [0.2, 0.25) is 0 Å². The second-order valence-corrected chi connectivity index (χ2v) is 10.0. The smallest absolute Gasteiger partial charge is 0.243 e. The molecule has 0 N–H and O–H groups in total. The maximum Gasteiger partial charge on any atom is 0.243 e. The van der Waals surface area contributed by atoms with Gasteiger partial charge in [-0.3, -0.25) is 4.79 Å². The Balaban J connectivity index is 1.85. The number of rotatable bonds is 4. The van der Waals surface area contributed by atoms with E-state index in [4.69, 9.17) is 0 Å². The van der Waals surface area contributed by atoms with Gasteiger partial charge in [0.2, 0.25) is 15.9 Å². The molecule has 0 spiro atoms. The highest BCUT2D eigenvalue weighted by Gasteiger charge is 2.33.